The maximum absolute atomic E-state index is 12.3. The van der Waals surface area contributed by atoms with E-state index in [4.69, 9.17) is 0 Å². The Balaban J connectivity index is 2.35. The predicted octanol–water partition coefficient (Wildman–Crippen LogP) is 3.33. The summed E-state index contributed by atoms with van der Waals surface area (Å²) in [6.45, 7) is 1.92. The van der Waals surface area contributed by atoms with Crippen molar-refractivity contribution in [2.45, 2.75) is 13.2 Å². The zero-order valence-electron chi connectivity index (χ0n) is 8.49. The third-order valence-corrected chi connectivity index (χ3v) is 2.23. The maximum atomic E-state index is 12.3. The number of alkyl halides is 3. The van der Waals surface area contributed by atoms with Crippen LogP contribution in [0.1, 0.15) is 5.56 Å². The quantitative estimate of drug-likeness (QED) is 0.729. The topological polar surface area (TPSA) is 17.8 Å². The molecule has 0 saturated heterocycles. The lowest BCUT2D eigenvalue weighted by atomic mass is 10.1. The molecule has 0 aliphatic rings. The zero-order chi connectivity index (χ0) is 11.8. The number of aromatic nitrogens is 2. The minimum absolute atomic E-state index is 0.00217. The van der Waals surface area contributed by atoms with Gasteiger partial charge in [0.2, 0.25) is 0 Å². The maximum Gasteiger partial charge on any atom is 0.504 e. The first-order valence-corrected chi connectivity index (χ1v) is 4.66. The molecule has 0 spiro atoms. The monoisotopic (exact) mass is 226 g/mol. The Hall–Kier alpha value is -1.78. The van der Waals surface area contributed by atoms with Crippen molar-refractivity contribution < 1.29 is 13.2 Å². The van der Waals surface area contributed by atoms with Gasteiger partial charge in [-0.2, -0.15) is 9.78 Å². The predicted molar refractivity (Wildman–Crippen MR) is 53.7 cm³/mol. The van der Waals surface area contributed by atoms with Crippen molar-refractivity contribution in [2.24, 2.45) is 0 Å². The molecule has 0 aliphatic heterocycles. The van der Waals surface area contributed by atoms with Crippen LogP contribution in [0.3, 0.4) is 0 Å². The fourth-order valence-corrected chi connectivity index (χ4v) is 1.36. The van der Waals surface area contributed by atoms with Crippen molar-refractivity contribution in [3.8, 4) is 11.1 Å². The lowest BCUT2D eigenvalue weighted by molar-refractivity contribution is -0.212. The van der Waals surface area contributed by atoms with E-state index in [-0.39, 0.29) is 4.68 Å². The van der Waals surface area contributed by atoms with Crippen LogP contribution in [0.2, 0.25) is 0 Å². The third-order valence-electron chi connectivity index (χ3n) is 2.23. The second-order valence-electron chi connectivity index (χ2n) is 3.51. The third kappa shape index (κ3) is 2.08. The van der Waals surface area contributed by atoms with E-state index >= 15 is 0 Å². The van der Waals surface area contributed by atoms with Gasteiger partial charge in [0.1, 0.15) is 0 Å². The number of nitrogens with zero attached hydrogens (tertiary/aromatic N) is 2. The minimum Gasteiger partial charge on any atom is -0.178 e. The van der Waals surface area contributed by atoms with Crippen LogP contribution in [0, 0.1) is 6.92 Å². The molecule has 0 unspecified atom stereocenters. The summed E-state index contributed by atoms with van der Waals surface area (Å²) in [5.74, 6) is 0. The zero-order valence-corrected chi connectivity index (χ0v) is 8.49. The van der Waals surface area contributed by atoms with Crippen LogP contribution < -0.4 is 0 Å². The highest BCUT2D eigenvalue weighted by molar-refractivity contribution is 5.61. The van der Waals surface area contributed by atoms with Gasteiger partial charge in [-0.3, -0.25) is 0 Å². The summed E-state index contributed by atoms with van der Waals surface area (Å²) in [5, 5.41) is 3.28. The summed E-state index contributed by atoms with van der Waals surface area (Å²) in [4.78, 5) is 0. The van der Waals surface area contributed by atoms with Crippen LogP contribution in [0.4, 0.5) is 13.2 Å². The molecular weight excluding hydrogens is 217 g/mol. The molecule has 0 aliphatic carbocycles. The fraction of sp³-hybridized carbons (Fsp3) is 0.182. The minimum atomic E-state index is -4.46. The van der Waals surface area contributed by atoms with Crippen LogP contribution in [0.5, 0.6) is 0 Å². The summed E-state index contributed by atoms with van der Waals surface area (Å²) in [6, 6.07) is 7.24. The molecule has 5 heteroatoms. The molecule has 0 atom stereocenters. The molecule has 2 nitrogen and oxygen atoms in total. The van der Waals surface area contributed by atoms with Crippen molar-refractivity contribution in [1.82, 2.24) is 9.78 Å². The number of rotatable bonds is 1. The average molecular weight is 226 g/mol. The lowest BCUT2D eigenvalue weighted by Crippen LogP contribution is -2.16. The van der Waals surface area contributed by atoms with Gasteiger partial charge in [0.25, 0.3) is 0 Å². The highest BCUT2D eigenvalue weighted by Gasteiger charge is 2.31. The lowest BCUT2D eigenvalue weighted by Gasteiger charge is -2.04. The van der Waals surface area contributed by atoms with E-state index in [9.17, 15) is 13.2 Å². The van der Waals surface area contributed by atoms with Crippen molar-refractivity contribution in [1.29, 1.82) is 0 Å². The van der Waals surface area contributed by atoms with Gasteiger partial charge in [0, 0.05) is 11.8 Å². The fourth-order valence-electron chi connectivity index (χ4n) is 1.36. The van der Waals surface area contributed by atoms with Gasteiger partial charge < -0.3 is 0 Å². The summed E-state index contributed by atoms with van der Waals surface area (Å²) in [6.07, 6.45) is -2.27. The van der Waals surface area contributed by atoms with Crippen molar-refractivity contribution >= 4 is 0 Å². The Kier molecular flexibility index (Phi) is 2.46. The molecule has 1 heterocycles. The summed E-state index contributed by atoms with van der Waals surface area (Å²) in [5.41, 5.74) is 2.24. The smallest absolute Gasteiger partial charge is 0.178 e. The molecule has 0 N–H and O–H groups in total. The van der Waals surface area contributed by atoms with E-state index in [1.807, 2.05) is 19.1 Å². The molecule has 0 amide bonds. The van der Waals surface area contributed by atoms with E-state index in [2.05, 4.69) is 5.10 Å². The molecular formula is C11H9F3N2. The van der Waals surface area contributed by atoms with Gasteiger partial charge in [-0.1, -0.05) is 29.8 Å². The van der Waals surface area contributed by atoms with Crippen LogP contribution >= 0.6 is 0 Å². The number of hydrogen-bond donors (Lipinski definition) is 0. The van der Waals surface area contributed by atoms with Crippen molar-refractivity contribution in [2.75, 3.05) is 0 Å². The Bertz CT molecular complexity index is 483. The number of hydrogen-bond acceptors (Lipinski definition) is 1. The van der Waals surface area contributed by atoms with E-state index in [0.717, 1.165) is 17.3 Å². The average Bonchev–Trinajstić information content (AvgIpc) is 2.67. The molecule has 2 aromatic rings. The second-order valence-corrected chi connectivity index (χ2v) is 3.51. The Morgan fingerprint density at radius 1 is 1.06 bits per heavy atom. The van der Waals surface area contributed by atoms with E-state index in [0.29, 0.717) is 5.56 Å². The number of halogens is 3. The molecule has 84 valence electrons. The molecule has 16 heavy (non-hydrogen) atoms. The first-order valence-electron chi connectivity index (χ1n) is 4.66. The van der Waals surface area contributed by atoms with Crippen molar-refractivity contribution in [3.63, 3.8) is 0 Å². The number of aryl methyl sites for hydroxylation is 1. The van der Waals surface area contributed by atoms with E-state index in [1.54, 1.807) is 12.1 Å². The summed E-state index contributed by atoms with van der Waals surface area (Å²) >= 11 is 0. The van der Waals surface area contributed by atoms with Gasteiger partial charge in [0.05, 0.1) is 6.20 Å². The molecule has 2 rings (SSSR count). The van der Waals surface area contributed by atoms with Crippen LogP contribution in [0.15, 0.2) is 36.7 Å². The largest absolute Gasteiger partial charge is 0.504 e. The Labute approximate surface area is 90.3 Å². The molecule has 1 aromatic heterocycles. The van der Waals surface area contributed by atoms with E-state index < -0.39 is 6.30 Å². The van der Waals surface area contributed by atoms with Gasteiger partial charge >= 0.3 is 6.30 Å². The highest BCUT2D eigenvalue weighted by atomic mass is 19.4. The van der Waals surface area contributed by atoms with Gasteiger partial charge in [-0.25, -0.2) is 0 Å². The Morgan fingerprint density at radius 2 is 1.69 bits per heavy atom. The molecule has 0 radical (unpaired) electrons. The van der Waals surface area contributed by atoms with Gasteiger partial charge in [-0.05, 0) is 12.5 Å². The second kappa shape index (κ2) is 3.66. The number of benzene rings is 1. The van der Waals surface area contributed by atoms with Crippen molar-refractivity contribution in [3.05, 3.63) is 42.2 Å². The van der Waals surface area contributed by atoms with Gasteiger partial charge in [-0.15, -0.1) is 13.2 Å². The molecule has 0 saturated carbocycles. The first-order chi connectivity index (χ1) is 7.47. The molecule has 0 bridgehead atoms. The molecule has 1 aromatic carbocycles. The summed E-state index contributed by atoms with van der Waals surface area (Å²) in [7, 11) is 0. The first kappa shape index (κ1) is 10.7. The van der Waals surface area contributed by atoms with E-state index in [1.165, 1.54) is 6.20 Å². The molecule has 0 fully saturated rings. The standard InChI is InChI=1S/C11H9F3N2/c1-8-2-4-9(5-3-8)10-6-15-16(7-10)11(12,13)14/h2-7H,1H3. The highest BCUT2D eigenvalue weighted by Crippen LogP contribution is 2.25. The Morgan fingerprint density at radius 3 is 2.19 bits per heavy atom. The van der Waals surface area contributed by atoms with Crippen LogP contribution in [-0.2, 0) is 6.30 Å². The normalized spacial score (nSPS) is 11.8. The van der Waals surface area contributed by atoms with Crippen LogP contribution in [0.25, 0.3) is 11.1 Å². The SMILES string of the molecule is Cc1ccc(-c2cnn(C(F)(F)F)c2)cc1. The summed E-state index contributed by atoms with van der Waals surface area (Å²) < 4.78 is 36.8. The van der Waals surface area contributed by atoms with Gasteiger partial charge in [0.15, 0.2) is 0 Å². The van der Waals surface area contributed by atoms with Crippen LogP contribution in [-0.4, -0.2) is 9.78 Å².